The molecule has 0 aliphatic heterocycles. The summed E-state index contributed by atoms with van der Waals surface area (Å²) in [6.45, 7) is 7.84. The molecule has 6 N–H and O–H groups in total. The van der Waals surface area contributed by atoms with Gasteiger partial charge < -0.3 is 27.0 Å². The van der Waals surface area contributed by atoms with Crippen LogP contribution in [0.25, 0.3) is 0 Å². The summed E-state index contributed by atoms with van der Waals surface area (Å²) < 4.78 is 0. The van der Waals surface area contributed by atoms with Gasteiger partial charge >= 0.3 is 0 Å². The minimum atomic E-state index is -0.953. The molecule has 0 radical (unpaired) electrons. The summed E-state index contributed by atoms with van der Waals surface area (Å²) in [6.07, 6.45) is 0. The first-order valence-corrected chi connectivity index (χ1v) is 10.1. The molecule has 0 unspecified atom stereocenters. The maximum Gasteiger partial charge on any atom is 0.269 e. The zero-order valence-corrected chi connectivity index (χ0v) is 18.7. The topological polar surface area (TPSA) is 186 Å². The Bertz CT molecular complexity index is 855. The van der Waals surface area contributed by atoms with Gasteiger partial charge in [0.25, 0.3) is 5.69 Å². The number of rotatable bonds is 10. The molecular weight excluding hydrogens is 420 g/mol. The van der Waals surface area contributed by atoms with E-state index in [9.17, 15) is 29.3 Å². The van der Waals surface area contributed by atoms with Crippen LogP contribution < -0.4 is 27.0 Å². The van der Waals surface area contributed by atoms with E-state index in [0.717, 1.165) is 0 Å². The first-order chi connectivity index (χ1) is 14.8. The number of nitrogens with one attached hydrogen (secondary N) is 4. The van der Waals surface area contributed by atoms with Crippen LogP contribution in [-0.4, -0.2) is 52.7 Å². The summed E-state index contributed by atoms with van der Waals surface area (Å²) in [5, 5.41) is 20.8. The Labute approximate surface area is 185 Å². The van der Waals surface area contributed by atoms with E-state index in [2.05, 4.69) is 21.3 Å². The Morgan fingerprint density at radius 2 is 1.31 bits per heavy atom. The lowest BCUT2D eigenvalue weighted by molar-refractivity contribution is -0.384. The maximum atomic E-state index is 12.7. The predicted octanol–water partition coefficient (Wildman–Crippen LogP) is 0.0307. The molecule has 0 saturated heterocycles. The molecular formula is C20H30N6O6. The molecule has 32 heavy (non-hydrogen) atoms. The summed E-state index contributed by atoms with van der Waals surface area (Å²) in [5.41, 5.74) is 5.67. The van der Waals surface area contributed by atoms with Gasteiger partial charge in [0.2, 0.25) is 23.6 Å². The number of hydrogen-bond acceptors (Lipinski definition) is 7. The summed E-state index contributed by atoms with van der Waals surface area (Å²) in [5.74, 6) is -2.50. The summed E-state index contributed by atoms with van der Waals surface area (Å²) >= 11 is 0. The summed E-state index contributed by atoms with van der Waals surface area (Å²) in [6, 6.07) is 1.63. The lowest BCUT2D eigenvalue weighted by Crippen LogP contribution is -2.57. The molecule has 12 nitrogen and oxygen atoms in total. The predicted molar refractivity (Wildman–Crippen MR) is 117 cm³/mol. The van der Waals surface area contributed by atoms with Crippen LogP contribution in [-0.2, 0) is 19.2 Å². The normalized spacial score (nSPS) is 14.5. The smallest absolute Gasteiger partial charge is 0.269 e. The third kappa shape index (κ3) is 7.95. The van der Waals surface area contributed by atoms with Crippen LogP contribution in [0.15, 0.2) is 24.3 Å². The molecule has 1 aromatic rings. The third-order valence-electron chi connectivity index (χ3n) is 4.51. The van der Waals surface area contributed by atoms with Crippen molar-refractivity contribution in [3.8, 4) is 0 Å². The lowest BCUT2D eigenvalue weighted by atomic mass is 10.0. The van der Waals surface area contributed by atoms with Crippen molar-refractivity contribution in [3.05, 3.63) is 34.4 Å². The molecule has 4 amide bonds. The fourth-order valence-corrected chi connectivity index (χ4v) is 2.51. The Hall–Kier alpha value is -3.54. The largest absolute Gasteiger partial charge is 0.343 e. The Morgan fingerprint density at radius 3 is 1.78 bits per heavy atom. The van der Waals surface area contributed by atoms with Gasteiger partial charge in [-0.15, -0.1) is 0 Å². The Kier molecular flexibility index (Phi) is 9.72. The van der Waals surface area contributed by atoms with Crippen LogP contribution in [0.2, 0.25) is 0 Å². The molecule has 1 aromatic carbocycles. The molecule has 0 heterocycles. The molecule has 0 aliphatic rings. The van der Waals surface area contributed by atoms with Crippen molar-refractivity contribution in [1.82, 2.24) is 16.0 Å². The van der Waals surface area contributed by atoms with E-state index in [4.69, 9.17) is 5.73 Å². The Morgan fingerprint density at radius 1 is 0.812 bits per heavy atom. The van der Waals surface area contributed by atoms with E-state index in [0.29, 0.717) is 5.69 Å². The molecule has 0 aromatic heterocycles. The number of nitro benzene ring substituents is 1. The number of nitro groups is 1. The summed E-state index contributed by atoms with van der Waals surface area (Å²) in [4.78, 5) is 59.2. The maximum absolute atomic E-state index is 12.7. The van der Waals surface area contributed by atoms with E-state index in [1.165, 1.54) is 45.0 Å². The van der Waals surface area contributed by atoms with Gasteiger partial charge in [0.15, 0.2) is 0 Å². The number of carbonyl (C=O) groups is 4. The van der Waals surface area contributed by atoms with E-state index in [1.807, 2.05) is 0 Å². The van der Waals surface area contributed by atoms with Gasteiger partial charge in [-0.3, -0.25) is 29.3 Å². The average molecular weight is 450 g/mol. The van der Waals surface area contributed by atoms with Crippen molar-refractivity contribution in [2.75, 3.05) is 5.32 Å². The number of benzene rings is 1. The fraction of sp³-hybridized carbons (Fsp3) is 0.500. The van der Waals surface area contributed by atoms with Gasteiger partial charge in [-0.1, -0.05) is 13.8 Å². The van der Waals surface area contributed by atoms with Gasteiger partial charge in [-0.05, 0) is 38.8 Å². The highest BCUT2D eigenvalue weighted by atomic mass is 16.6. The number of hydrogen-bond donors (Lipinski definition) is 5. The van der Waals surface area contributed by atoms with Crippen LogP contribution in [0.4, 0.5) is 11.4 Å². The molecule has 4 atom stereocenters. The minimum absolute atomic E-state index is 0.119. The number of anilines is 1. The van der Waals surface area contributed by atoms with Gasteiger partial charge in [0.1, 0.15) is 18.1 Å². The number of nitrogens with two attached hydrogens (primary N) is 1. The zero-order valence-electron chi connectivity index (χ0n) is 18.7. The number of amides is 4. The molecule has 176 valence electrons. The molecule has 0 saturated carbocycles. The third-order valence-corrected chi connectivity index (χ3v) is 4.51. The van der Waals surface area contributed by atoms with Crippen molar-refractivity contribution < 1.29 is 24.1 Å². The number of nitrogens with zero attached hydrogens (tertiary/aromatic N) is 1. The van der Waals surface area contributed by atoms with E-state index in [1.54, 1.807) is 13.8 Å². The monoisotopic (exact) mass is 450 g/mol. The zero-order chi connectivity index (χ0) is 24.6. The molecule has 0 aliphatic carbocycles. The highest BCUT2D eigenvalue weighted by Gasteiger charge is 2.29. The molecule has 0 spiro atoms. The van der Waals surface area contributed by atoms with Crippen LogP contribution >= 0.6 is 0 Å². The van der Waals surface area contributed by atoms with Crippen LogP contribution in [0.1, 0.15) is 34.6 Å². The second-order valence-electron chi connectivity index (χ2n) is 7.77. The van der Waals surface area contributed by atoms with Gasteiger partial charge in [0.05, 0.1) is 11.0 Å². The standard InChI is InChI=1S/C20H30N6O6/c1-10(2)16(25-19(29)13(5)22-17(27)11(3)21)20(30)23-12(4)18(28)24-14-6-8-15(9-7-14)26(31)32/h6-13,16H,21H2,1-5H3,(H,22,27)(H,23,30)(H,24,28)(H,25,29)/t11-,12+,13+,16+/m0/s1. The van der Waals surface area contributed by atoms with E-state index >= 15 is 0 Å². The lowest BCUT2D eigenvalue weighted by Gasteiger charge is -2.25. The highest BCUT2D eigenvalue weighted by Crippen LogP contribution is 2.15. The van der Waals surface area contributed by atoms with Crippen molar-refractivity contribution in [2.24, 2.45) is 11.7 Å². The van der Waals surface area contributed by atoms with E-state index in [-0.39, 0.29) is 11.6 Å². The van der Waals surface area contributed by atoms with Crippen molar-refractivity contribution >= 4 is 35.0 Å². The minimum Gasteiger partial charge on any atom is -0.343 e. The second-order valence-corrected chi connectivity index (χ2v) is 7.77. The molecule has 12 heteroatoms. The SMILES string of the molecule is CC(C)[C@@H](NC(=O)[C@@H](C)NC(=O)[C@H](C)N)C(=O)N[C@H](C)C(=O)Nc1ccc([N+](=O)[O-])cc1. The van der Waals surface area contributed by atoms with Gasteiger partial charge in [-0.2, -0.15) is 0 Å². The highest BCUT2D eigenvalue weighted by molar-refractivity contribution is 5.98. The molecule has 1 rings (SSSR count). The summed E-state index contributed by atoms with van der Waals surface area (Å²) in [7, 11) is 0. The number of carbonyl (C=O) groups excluding carboxylic acids is 4. The van der Waals surface area contributed by atoms with Crippen molar-refractivity contribution in [3.63, 3.8) is 0 Å². The number of non-ortho nitro benzene ring substituents is 1. The van der Waals surface area contributed by atoms with Crippen LogP contribution in [0.5, 0.6) is 0 Å². The van der Waals surface area contributed by atoms with Crippen molar-refractivity contribution in [2.45, 2.75) is 58.8 Å². The van der Waals surface area contributed by atoms with Crippen LogP contribution in [0, 0.1) is 16.0 Å². The van der Waals surface area contributed by atoms with E-state index < -0.39 is 52.7 Å². The first-order valence-electron chi connectivity index (χ1n) is 10.1. The fourth-order valence-electron chi connectivity index (χ4n) is 2.51. The van der Waals surface area contributed by atoms with Crippen molar-refractivity contribution in [1.29, 1.82) is 0 Å². The quantitative estimate of drug-likeness (QED) is 0.246. The van der Waals surface area contributed by atoms with Gasteiger partial charge in [0, 0.05) is 17.8 Å². The average Bonchev–Trinajstić information content (AvgIpc) is 2.71. The first kappa shape index (κ1) is 26.5. The molecule has 0 bridgehead atoms. The van der Waals surface area contributed by atoms with Gasteiger partial charge in [-0.25, -0.2) is 0 Å². The second kappa shape index (κ2) is 11.7. The van der Waals surface area contributed by atoms with Crippen LogP contribution in [0.3, 0.4) is 0 Å². The Balaban J connectivity index is 2.71. The molecule has 0 fully saturated rings.